The van der Waals surface area contributed by atoms with Crippen LogP contribution in [0.1, 0.15) is 24.8 Å². The Morgan fingerprint density at radius 3 is 2.42 bits per heavy atom. The first-order chi connectivity index (χ1) is 14.5. The third kappa shape index (κ3) is 10.7. The minimum Gasteiger partial charge on any atom is -0.426 e. The molecule has 0 fully saturated rings. The van der Waals surface area contributed by atoms with Crippen molar-refractivity contribution in [2.45, 2.75) is 37.7 Å². The smallest absolute Gasteiger partial charge is 0.426 e. The Kier molecular flexibility index (Phi) is 10.9. The van der Waals surface area contributed by atoms with Crippen molar-refractivity contribution in [1.29, 1.82) is 5.26 Å². The van der Waals surface area contributed by atoms with Crippen LogP contribution in [0.15, 0.2) is 42.5 Å². The molecule has 0 aliphatic rings. The molecule has 0 bridgehead atoms. The number of carbonyl (C=O) groups is 2. The molecule has 2 atom stereocenters. The van der Waals surface area contributed by atoms with Crippen LogP contribution in [0.3, 0.4) is 0 Å². The van der Waals surface area contributed by atoms with E-state index in [1.165, 1.54) is 0 Å². The van der Waals surface area contributed by atoms with Crippen LogP contribution >= 0.6 is 0 Å². The minimum atomic E-state index is -3.71. The summed E-state index contributed by atoms with van der Waals surface area (Å²) in [6.07, 6.45) is 1.99. The number of rotatable bonds is 13. The summed E-state index contributed by atoms with van der Waals surface area (Å²) in [5.74, 6) is -2.32. The van der Waals surface area contributed by atoms with Crippen molar-refractivity contribution in [3.05, 3.63) is 48.0 Å². The molecule has 1 aromatic rings. The third-order valence-electron chi connectivity index (χ3n) is 4.27. The molecule has 0 radical (unpaired) electrons. The summed E-state index contributed by atoms with van der Waals surface area (Å²) in [6.45, 7) is 3.51. The second-order valence-corrected chi connectivity index (χ2v) is 8.78. The second-order valence-electron chi connectivity index (χ2n) is 7.00. The fraction of sp³-hybridized carbons (Fsp3) is 0.421. The van der Waals surface area contributed by atoms with Crippen LogP contribution in [0.25, 0.3) is 0 Å². The van der Waals surface area contributed by atoms with E-state index in [0.717, 1.165) is 11.8 Å². The largest absolute Gasteiger partial charge is 0.475 e. The van der Waals surface area contributed by atoms with Crippen LogP contribution in [0.2, 0.25) is 0 Å². The number of hydrogen-bond donors (Lipinski definition) is 5. The third-order valence-corrected chi connectivity index (χ3v) is 4.99. The first kappa shape index (κ1) is 26.3. The normalized spacial score (nSPS) is 12.8. The zero-order valence-electron chi connectivity index (χ0n) is 17.2. The minimum absolute atomic E-state index is 0.119. The highest BCUT2D eigenvalue weighted by Gasteiger charge is 2.29. The molecular formula is C19H27BN4O6S. The molecule has 5 N–H and O–H groups in total. The summed E-state index contributed by atoms with van der Waals surface area (Å²) in [4.78, 5) is 24.1. The van der Waals surface area contributed by atoms with E-state index in [1.54, 1.807) is 36.4 Å². The van der Waals surface area contributed by atoms with E-state index in [-0.39, 0.29) is 25.0 Å². The van der Waals surface area contributed by atoms with Gasteiger partial charge in [-0.15, -0.1) is 0 Å². The lowest BCUT2D eigenvalue weighted by atomic mass is 9.75. The van der Waals surface area contributed by atoms with Crippen molar-refractivity contribution in [1.82, 2.24) is 15.4 Å². The van der Waals surface area contributed by atoms with Gasteiger partial charge >= 0.3 is 7.12 Å². The van der Waals surface area contributed by atoms with Gasteiger partial charge in [-0.05, 0) is 31.2 Å². The van der Waals surface area contributed by atoms with Gasteiger partial charge in [-0.1, -0.05) is 36.9 Å². The maximum absolute atomic E-state index is 12.6. The Hall–Kier alpha value is -2.72. The molecule has 1 rings (SSSR count). The maximum atomic E-state index is 12.6. The van der Waals surface area contributed by atoms with Crippen LogP contribution in [-0.4, -0.2) is 62.2 Å². The first-order valence-electron chi connectivity index (χ1n) is 9.58. The Morgan fingerprint density at radius 1 is 1.23 bits per heavy atom. The summed E-state index contributed by atoms with van der Waals surface area (Å²) >= 11 is 0. The van der Waals surface area contributed by atoms with E-state index < -0.39 is 40.9 Å². The predicted molar refractivity (Wildman–Crippen MR) is 116 cm³/mol. The van der Waals surface area contributed by atoms with Crippen LogP contribution in [-0.2, 0) is 26.0 Å². The summed E-state index contributed by atoms with van der Waals surface area (Å²) in [5, 5.41) is 32.8. The lowest BCUT2D eigenvalue weighted by Gasteiger charge is -2.22. The molecule has 10 nitrogen and oxygen atoms in total. The maximum Gasteiger partial charge on any atom is 0.475 e. The van der Waals surface area contributed by atoms with E-state index in [9.17, 15) is 28.1 Å². The van der Waals surface area contributed by atoms with Crippen molar-refractivity contribution >= 4 is 29.0 Å². The van der Waals surface area contributed by atoms with E-state index >= 15 is 0 Å². The van der Waals surface area contributed by atoms with Gasteiger partial charge in [-0.2, -0.15) is 5.26 Å². The molecule has 0 heterocycles. The van der Waals surface area contributed by atoms with Crippen LogP contribution in [0.4, 0.5) is 0 Å². The highest BCUT2D eigenvalue weighted by atomic mass is 32.2. The van der Waals surface area contributed by atoms with Gasteiger partial charge in [-0.25, -0.2) is 13.1 Å². The number of sulfonamides is 1. The van der Waals surface area contributed by atoms with Crippen molar-refractivity contribution in [3.8, 4) is 6.07 Å². The van der Waals surface area contributed by atoms with E-state index in [4.69, 9.17) is 5.26 Å². The van der Waals surface area contributed by atoms with Crippen LogP contribution in [0.5, 0.6) is 0 Å². The molecule has 0 aliphatic carbocycles. The molecule has 1 aromatic carbocycles. The summed E-state index contributed by atoms with van der Waals surface area (Å²) < 4.78 is 25.6. The standard InChI is InChI=1S/C19H27BN4O6S/c1-14(13-21)18(25)22-11-7-6-10-16(24-31(2,29)30)19(26)23-17(20(27)28)12-15-8-4-3-5-9-15/h3-5,8-9,16-17,24,27-28H,1,6-7,10-12H2,2H3,(H,22,25)(H,23,26)/t16-,17-/m0/s1. The van der Waals surface area contributed by atoms with E-state index in [2.05, 4.69) is 21.9 Å². The van der Waals surface area contributed by atoms with Gasteiger partial charge in [0.15, 0.2) is 0 Å². The van der Waals surface area contributed by atoms with Crippen molar-refractivity contribution < 1.29 is 28.1 Å². The molecule has 12 heteroatoms. The molecule has 168 valence electrons. The van der Waals surface area contributed by atoms with Gasteiger partial charge in [0.2, 0.25) is 15.9 Å². The SMILES string of the molecule is C=C(C#N)C(=O)NCCCC[C@H](NS(C)(=O)=O)C(=O)N[C@@H](Cc1ccccc1)B(O)O. The molecular weight excluding hydrogens is 423 g/mol. The Balaban J connectivity index is 2.68. The van der Waals surface area contributed by atoms with Gasteiger partial charge in [0.25, 0.3) is 5.91 Å². The number of benzene rings is 1. The summed E-state index contributed by atoms with van der Waals surface area (Å²) in [7, 11) is -5.55. The number of nitriles is 1. The average Bonchev–Trinajstić information content (AvgIpc) is 2.71. The number of nitrogens with zero attached hydrogens (tertiary/aromatic N) is 1. The monoisotopic (exact) mass is 450 g/mol. The fourth-order valence-electron chi connectivity index (χ4n) is 2.72. The molecule has 0 aliphatic heterocycles. The van der Waals surface area contributed by atoms with Crippen molar-refractivity contribution in [3.63, 3.8) is 0 Å². The highest BCUT2D eigenvalue weighted by Crippen LogP contribution is 2.07. The van der Waals surface area contributed by atoms with Crippen LogP contribution < -0.4 is 15.4 Å². The topological polar surface area (TPSA) is 169 Å². The Labute approximate surface area is 182 Å². The van der Waals surface area contributed by atoms with Gasteiger partial charge in [0.05, 0.1) is 12.2 Å². The molecule has 0 unspecified atom stereocenters. The van der Waals surface area contributed by atoms with Crippen LogP contribution in [0, 0.1) is 11.3 Å². The Morgan fingerprint density at radius 2 is 1.87 bits per heavy atom. The molecule has 2 amide bonds. The number of amides is 2. The molecule has 0 aromatic heterocycles. The molecule has 0 saturated heterocycles. The summed E-state index contributed by atoms with van der Waals surface area (Å²) in [6, 6.07) is 9.39. The zero-order valence-corrected chi connectivity index (χ0v) is 18.1. The zero-order chi connectivity index (χ0) is 23.4. The number of unbranched alkanes of at least 4 members (excludes halogenated alkanes) is 1. The average molecular weight is 450 g/mol. The molecule has 31 heavy (non-hydrogen) atoms. The van der Waals surface area contributed by atoms with Gasteiger partial charge in [0, 0.05) is 6.54 Å². The number of hydrogen-bond acceptors (Lipinski definition) is 7. The lowest BCUT2D eigenvalue weighted by Crippen LogP contribution is -2.54. The second kappa shape index (κ2) is 12.9. The predicted octanol–water partition coefficient (Wildman–Crippen LogP) is -0.990. The van der Waals surface area contributed by atoms with Crippen molar-refractivity contribution in [2.24, 2.45) is 0 Å². The van der Waals surface area contributed by atoms with E-state index in [0.29, 0.717) is 12.8 Å². The molecule has 0 spiro atoms. The summed E-state index contributed by atoms with van der Waals surface area (Å²) in [5.41, 5.74) is 0.547. The number of carbonyl (C=O) groups excluding carboxylic acids is 2. The number of nitrogens with one attached hydrogen (secondary N) is 3. The Bertz CT molecular complexity index is 902. The van der Waals surface area contributed by atoms with Gasteiger partial charge in [-0.3, -0.25) is 9.59 Å². The van der Waals surface area contributed by atoms with Crippen molar-refractivity contribution in [2.75, 3.05) is 12.8 Å². The quantitative estimate of drug-likeness (QED) is 0.111. The molecule has 0 saturated carbocycles. The van der Waals surface area contributed by atoms with E-state index in [1.807, 2.05) is 0 Å². The fourth-order valence-corrected chi connectivity index (χ4v) is 3.46. The highest BCUT2D eigenvalue weighted by molar-refractivity contribution is 7.88. The van der Waals surface area contributed by atoms with Gasteiger partial charge in [0.1, 0.15) is 17.7 Å². The van der Waals surface area contributed by atoms with Gasteiger partial charge < -0.3 is 20.7 Å². The lowest BCUT2D eigenvalue weighted by molar-refractivity contribution is -0.123. The first-order valence-corrected chi connectivity index (χ1v) is 11.5.